The Kier molecular flexibility index (Phi) is 3.42. The highest BCUT2D eigenvalue weighted by molar-refractivity contribution is 6.09. The van der Waals surface area contributed by atoms with E-state index < -0.39 is 0 Å². The third-order valence-electron chi connectivity index (χ3n) is 5.93. The fourth-order valence-electron chi connectivity index (χ4n) is 4.44. The molecule has 1 N–H and O–H groups in total. The molecule has 0 spiro atoms. The predicted octanol–water partition coefficient (Wildman–Crippen LogP) is 7.06. The molecule has 132 valence electrons. The van der Waals surface area contributed by atoms with Crippen LogP contribution in [0.1, 0.15) is 30.5 Å². The number of hydrogen-bond acceptors (Lipinski definition) is 0. The van der Waals surface area contributed by atoms with Gasteiger partial charge in [-0.15, -0.1) is 0 Å². The van der Waals surface area contributed by atoms with Gasteiger partial charge in [-0.05, 0) is 47.4 Å². The van der Waals surface area contributed by atoms with E-state index in [1.165, 1.54) is 49.6 Å². The lowest BCUT2D eigenvalue weighted by atomic mass is 9.82. The summed E-state index contributed by atoms with van der Waals surface area (Å²) < 4.78 is 0. The SMILES string of the molecule is Cc1cccccc2c(cc1)[nH]c1cc3c(cc12)C(C)(C)c1ccccc1-3. The molecule has 0 fully saturated rings. The number of aromatic nitrogens is 1. The number of hydrogen-bond donors (Lipinski definition) is 1. The molecule has 0 atom stereocenters. The molecule has 0 amide bonds. The first-order valence-corrected chi connectivity index (χ1v) is 9.55. The van der Waals surface area contributed by atoms with Crippen molar-refractivity contribution < 1.29 is 0 Å². The lowest BCUT2D eigenvalue weighted by Crippen LogP contribution is -2.14. The summed E-state index contributed by atoms with van der Waals surface area (Å²) >= 11 is 0. The maximum atomic E-state index is 3.65. The minimum atomic E-state index is 0.0268. The molecular weight excluding hydrogens is 326 g/mol. The number of nitrogens with one attached hydrogen (secondary N) is 1. The number of rotatable bonds is 0. The standard InChI is InChI=1S/C26H23N/c1-17-9-5-4-6-11-19-21-15-23-20(16-25(21)27-24(19)14-13-17)18-10-7-8-12-22(18)26(23,2)3/h4-16,27H,1-3H3. The van der Waals surface area contributed by atoms with Gasteiger partial charge in [0.2, 0.25) is 0 Å². The molecule has 1 aliphatic carbocycles. The molecule has 0 saturated heterocycles. The number of fused-ring (bicyclic) bond motifs is 6. The smallest absolute Gasteiger partial charge is 0.0471 e. The van der Waals surface area contributed by atoms with E-state index in [2.05, 4.69) is 105 Å². The molecular formula is C26H23N. The number of H-pyrrole nitrogens is 1. The Morgan fingerprint density at radius 1 is 0.630 bits per heavy atom. The van der Waals surface area contributed by atoms with Crippen LogP contribution in [0.3, 0.4) is 0 Å². The van der Waals surface area contributed by atoms with E-state index >= 15 is 0 Å². The van der Waals surface area contributed by atoms with Gasteiger partial charge in [0.05, 0.1) is 0 Å². The van der Waals surface area contributed by atoms with Gasteiger partial charge >= 0.3 is 0 Å². The van der Waals surface area contributed by atoms with Gasteiger partial charge in [-0.3, -0.25) is 0 Å². The fourth-order valence-corrected chi connectivity index (χ4v) is 4.44. The molecule has 1 aromatic heterocycles. The zero-order chi connectivity index (χ0) is 18.6. The second-order valence-corrected chi connectivity index (χ2v) is 8.05. The first kappa shape index (κ1) is 16.1. The quantitative estimate of drug-likeness (QED) is 0.350. The van der Waals surface area contributed by atoms with E-state index in [9.17, 15) is 0 Å². The topological polar surface area (TPSA) is 15.8 Å². The fraction of sp³-hybridized carbons (Fsp3) is 0.154. The van der Waals surface area contributed by atoms with Crippen LogP contribution >= 0.6 is 0 Å². The molecule has 0 saturated carbocycles. The van der Waals surface area contributed by atoms with Gasteiger partial charge < -0.3 is 4.98 Å². The minimum Gasteiger partial charge on any atom is -0.354 e. The van der Waals surface area contributed by atoms with Gasteiger partial charge in [0.25, 0.3) is 0 Å². The first-order valence-electron chi connectivity index (χ1n) is 9.55. The molecule has 0 radical (unpaired) electrons. The van der Waals surface area contributed by atoms with E-state index in [0.717, 1.165) is 0 Å². The molecule has 1 heterocycles. The van der Waals surface area contributed by atoms with Crippen molar-refractivity contribution in [2.24, 2.45) is 0 Å². The number of aryl methyl sites for hydroxylation is 1. The zero-order valence-electron chi connectivity index (χ0n) is 16.0. The van der Waals surface area contributed by atoms with Crippen LogP contribution in [0.25, 0.3) is 32.9 Å². The number of aromatic amines is 1. The van der Waals surface area contributed by atoms with E-state index in [1.807, 2.05) is 0 Å². The predicted molar refractivity (Wildman–Crippen MR) is 116 cm³/mol. The molecule has 0 bridgehead atoms. The lowest BCUT2D eigenvalue weighted by Gasteiger charge is -2.21. The molecule has 4 aromatic rings. The van der Waals surface area contributed by atoms with Crippen LogP contribution in [-0.4, -0.2) is 4.98 Å². The van der Waals surface area contributed by atoms with Crippen molar-refractivity contribution in [3.63, 3.8) is 0 Å². The Morgan fingerprint density at radius 2 is 1.41 bits per heavy atom. The molecule has 1 heteroatoms. The highest BCUT2D eigenvalue weighted by Crippen LogP contribution is 2.50. The Hall–Kier alpha value is -3.06. The van der Waals surface area contributed by atoms with Crippen LogP contribution in [-0.2, 0) is 5.41 Å². The monoisotopic (exact) mass is 349 g/mol. The highest BCUT2D eigenvalue weighted by atomic mass is 14.7. The number of benzene rings is 2. The minimum absolute atomic E-state index is 0.0268. The summed E-state index contributed by atoms with van der Waals surface area (Å²) in [5.74, 6) is 0. The largest absolute Gasteiger partial charge is 0.354 e. The Labute approximate surface area is 160 Å². The second kappa shape index (κ2) is 5.72. The Bertz CT molecular complexity index is 1260. The summed E-state index contributed by atoms with van der Waals surface area (Å²) in [6, 6.07) is 28.6. The van der Waals surface area contributed by atoms with Crippen LogP contribution < -0.4 is 0 Å². The highest BCUT2D eigenvalue weighted by Gasteiger charge is 2.35. The average Bonchev–Trinajstić information content (AvgIpc) is 3.12. The van der Waals surface area contributed by atoms with Crippen LogP contribution in [0.4, 0.5) is 0 Å². The summed E-state index contributed by atoms with van der Waals surface area (Å²) in [6.45, 7) is 6.80. The zero-order valence-corrected chi connectivity index (χ0v) is 16.0. The van der Waals surface area contributed by atoms with Gasteiger partial charge in [-0.2, -0.15) is 0 Å². The van der Waals surface area contributed by atoms with Gasteiger partial charge in [-0.1, -0.05) is 80.1 Å². The third kappa shape index (κ3) is 2.39. The lowest BCUT2D eigenvalue weighted by molar-refractivity contribution is 0.661. The van der Waals surface area contributed by atoms with Crippen molar-refractivity contribution >= 4 is 21.8 Å². The van der Waals surface area contributed by atoms with Gasteiger partial charge in [-0.25, -0.2) is 0 Å². The molecule has 5 rings (SSSR count). The summed E-state index contributed by atoms with van der Waals surface area (Å²) in [5, 5.41) is 2.55. The van der Waals surface area contributed by atoms with Crippen molar-refractivity contribution in [3.8, 4) is 11.1 Å². The maximum absolute atomic E-state index is 3.65. The van der Waals surface area contributed by atoms with Crippen LogP contribution in [0, 0.1) is 6.92 Å². The maximum Gasteiger partial charge on any atom is 0.0471 e. The van der Waals surface area contributed by atoms with Crippen LogP contribution in [0.15, 0.2) is 78.9 Å². The summed E-state index contributed by atoms with van der Waals surface area (Å²) in [4.78, 5) is 3.65. The second-order valence-electron chi connectivity index (χ2n) is 8.05. The van der Waals surface area contributed by atoms with E-state index in [0.29, 0.717) is 0 Å². The molecule has 27 heavy (non-hydrogen) atoms. The van der Waals surface area contributed by atoms with Gasteiger partial charge in [0.1, 0.15) is 0 Å². The summed E-state index contributed by atoms with van der Waals surface area (Å²) in [5.41, 5.74) is 9.19. The van der Waals surface area contributed by atoms with Gasteiger partial charge in [0, 0.05) is 27.2 Å². The molecule has 0 aliphatic heterocycles. The summed E-state index contributed by atoms with van der Waals surface area (Å²) in [6.07, 6.45) is 0. The van der Waals surface area contributed by atoms with E-state index in [1.54, 1.807) is 0 Å². The van der Waals surface area contributed by atoms with E-state index in [-0.39, 0.29) is 5.41 Å². The van der Waals surface area contributed by atoms with Gasteiger partial charge in [0.15, 0.2) is 0 Å². The normalized spacial score (nSPS) is 14.0. The first-order chi connectivity index (χ1) is 13.1. The molecule has 0 unspecified atom stereocenters. The van der Waals surface area contributed by atoms with E-state index in [4.69, 9.17) is 0 Å². The van der Waals surface area contributed by atoms with Crippen molar-refractivity contribution in [1.82, 2.24) is 4.98 Å². The molecule has 1 nitrogen and oxygen atoms in total. The van der Waals surface area contributed by atoms with Crippen molar-refractivity contribution in [3.05, 3.63) is 95.6 Å². The van der Waals surface area contributed by atoms with Crippen molar-refractivity contribution in [2.45, 2.75) is 26.2 Å². The summed E-state index contributed by atoms with van der Waals surface area (Å²) in [7, 11) is 0. The van der Waals surface area contributed by atoms with Crippen LogP contribution in [0.2, 0.25) is 0 Å². The molecule has 3 aromatic carbocycles. The molecule has 1 aliphatic rings. The third-order valence-corrected chi connectivity index (χ3v) is 5.93. The Balaban J connectivity index is 1.89. The van der Waals surface area contributed by atoms with Crippen molar-refractivity contribution in [2.75, 3.05) is 0 Å². The average molecular weight is 349 g/mol. The Morgan fingerprint density at radius 3 is 2.30 bits per heavy atom. The van der Waals surface area contributed by atoms with Crippen molar-refractivity contribution in [1.29, 1.82) is 0 Å². The van der Waals surface area contributed by atoms with Crippen LogP contribution in [0.5, 0.6) is 0 Å².